The van der Waals surface area contributed by atoms with Crippen LogP contribution in [-0.4, -0.2) is 29.3 Å². The molecule has 3 heterocycles. The Morgan fingerprint density at radius 1 is 1.03 bits per heavy atom. The van der Waals surface area contributed by atoms with Gasteiger partial charge >= 0.3 is 0 Å². The summed E-state index contributed by atoms with van der Waals surface area (Å²) in [5.74, 6) is 0.365. The number of carbonyl (C=O) groups excluding carboxylic acids is 3. The summed E-state index contributed by atoms with van der Waals surface area (Å²) >= 11 is 0. The molecule has 0 bridgehead atoms. The van der Waals surface area contributed by atoms with Crippen LogP contribution in [-0.2, 0) is 39.1 Å². The van der Waals surface area contributed by atoms with Gasteiger partial charge in [-0.15, -0.1) is 0 Å². The van der Waals surface area contributed by atoms with Crippen LogP contribution in [0.1, 0.15) is 22.3 Å². The minimum Gasteiger partial charge on any atom is -0.376 e. The molecule has 33 heavy (non-hydrogen) atoms. The Hall–Kier alpha value is -4.20. The number of rotatable bonds is 4. The van der Waals surface area contributed by atoms with Crippen molar-refractivity contribution < 1.29 is 14.4 Å². The van der Waals surface area contributed by atoms with Crippen LogP contribution >= 0.6 is 0 Å². The van der Waals surface area contributed by atoms with Crippen molar-refractivity contribution in [3.63, 3.8) is 0 Å². The molecule has 0 fully saturated rings. The van der Waals surface area contributed by atoms with Crippen molar-refractivity contribution in [1.82, 2.24) is 4.98 Å². The first-order chi connectivity index (χ1) is 16.0. The third-order valence-electron chi connectivity index (χ3n) is 6.70. The second-order valence-electron chi connectivity index (χ2n) is 8.73. The smallest absolute Gasteiger partial charge is 0.243 e. The van der Waals surface area contributed by atoms with Crippen LogP contribution in [0.3, 0.4) is 0 Å². The van der Waals surface area contributed by atoms with Gasteiger partial charge in [0, 0.05) is 34.4 Å². The molecule has 0 saturated carbocycles. The number of anilines is 4. The van der Waals surface area contributed by atoms with E-state index in [0.29, 0.717) is 24.3 Å². The predicted octanol–water partition coefficient (Wildman–Crippen LogP) is 2.62. The van der Waals surface area contributed by atoms with E-state index in [2.05, 4.69) is 26.3 Å². The van der Waals surface area contributed by atoms with Crippen molar-refractivity contribution in [2.24, 2.45) is 0 Å². The summed E-state index contributed by atoms with van der Waals surface area (Å²) in [5, 5.41) is 11.8. The van der Waals surface area contributed by atoms with E-state index in [0.717, 1.165) is 33.6 Å². The van der Waals surface area contributed by atoms with Gasteiger partial charge in [0.2, 0.25) is 17.7 Å². The summed E-state index contributed by atoms with van der Waals surface area (Å²) < 4.78 is 0. The van der Waals surface area contributed by atoms with Crippen LogP contribution < -0.4 is 21.3 Å². The van der Waals surface area contributed by atoms with E-state index in [9.17, 15) is 14.4 Å². The molecule has 1 unspecified atom stereocenters. The number of aromatic nitrogens is 1. The van der Waals surface area contributed by atoms with E-state index < -0.39 is 5.41 Å². The second-order valence-corrected chi connectivity index (χ2v) is 8.73. The highest BCUT2D eigenvalue weighted by atomic mass is 16.2. The largest absolute Gasteiger partial charge is 0.376 e. The monoisotopic (exact) mass is 439 g/mol. The number of benzene rings is 2. The number of hydrogen-bond donors (Lipinski definition) is 4. The van der Waals surface area contributed by atoms with Gasteiger partial charge in [0.05, 0.1) is 18.4 Å². The molecule has 1 spiro atoms. The van der Waals surface area contributed by atoms with Crippen molar-refractivity contribution in [2.45, 2.75) is 24.7 Å². The highest BCUT2D eigenvalue weighted by Gasteiger charge is 2.51. The van der Waals surface area contributed by atoms with E-state index in [1.54, 1.807) is 18.3 Å². The highest BCUT2D eigenvalue weighted by Crippen LogP contribution is 2.46. The Morgan fingerprint density at radius 3 is 2.82 bits per heavy atom. The Bertz CT molecular complexity index is 1350. The first-order valence-corrected chi connectivity index (χ1v) is 10.9. The first kappa shape index (κ1) is 19.5. The lowest BCUT2D eigenvalue weighted by atomic mass is 9.79. The number of pyridine rings is 1. The van der Waals surface area contributed by atoms with E-state index in [4.69, 9.17) is 0 Å². The molecule has 6 rings (SSSR count). The molecule has 3 aromatic rings. The fraction of sp³-hybridized carbons (Fsp3) is 0.200. The molecular formula is C25H21N5O3. The minimum atomic E-state index is -0.610. The fourth-order valence-electron chi connectivity index (χ4n) is 5.12. The molecule has 3 amide bonds. The molecule has 1 atom stereocenters. The summed E-state index contributed by atoms with van der Waals surface area (Å²) in [7, 11) is 0. The van der Waals surface area contributed by atoms with E-state index in [1.165, 1.54) is 0 Å². The van der Waals surface area contributed by atoms with Crippen molar-refractivity contribution >= 4 is 40.6 Å². The normalized spacial score (nSPS) is 19.5. The average molecular weight is 439 g/mol. The number of amides is 3. The summed E-state index contributed by atoms with van der Waals surface area (Å²) in [6, 6.07) is 15.2. The van der Waals surface area contributed by atoms with Crippen LogP contribution in [0.25, 0.3) is 0 Å². The van der Waals surface area contributed by atoms with Gasteiger partial charge in [-0.3, -0.25) is 14.4 Å². The number of fused-ring (bicyclic) bond motifs is 4. The van der Waals surface area contributed by atoms with Crippen molar-refractivity contribution in [3.8, 4) is 0 Å². The molecule has 1 aromatic heterocycles. The van der Waals surface area contributed by atoms with E-state index in [1.807, 2.05) is 36.4 Å². The van der Waals surface area contributed by atoms with Crippen LogP contribution in [0, 0.1) is 0 Å². The van der Waals surface area contributed by atoms with E-state index in [-0.39, 0.29) is 30.7 Å². The SMILES string of the molecule is O=C(CNc1ccc2c(c1)CC1(C2)C(=O)Nc2ncccc21)Nc1cccc2c1CC(=O)N2. The molecular weight excluding hydrogens is 418 g/mol. The average Bonchev–Trinajstić information content (AvgIpc) is 3.46. The zero-order chi connectivity index (χ0) is 22.6. The van der Waals surface area contributed by atoms with Gasteiger partial charge in [0.1, 0.15) is 5.82 Å². The lowest BCUT2D eigenvalue weighted by Crippen LogP contribution is -2.35. The molecule has 1 aliphatic carbocycles. The van der Waals surface area contributed by atoms with Gasteiger partial charge in [0.15, 0.2) is 0 Å². The minimum absolute atomic E-state index is 0.00958. The summed E-state index contributed by atoms with van der Waals surface area (Å²) in [6.45, 7) is 0.0855. The van der Waals surface area contributed by atoms with Gasteiger partial charge in [-0.1, -0.05) is 18.2 Å². The zero-order valence-electron chi connectivity index (χ0n) is 17.7. The molecule has 4 N–H and O–H groups in total. The van der Waals surface area contributed by atoms with Crippen LogP contribution in [0.2, 0.25) is 0 Å². The van der Waals surface area contributed by atoms with Crippen LogP contribution in [0.15, 0.2) is 54.7 Å². The maximum atomic E-state index is 12.9. The summed E-state index contributed by atoms with van der Waals surface area (Å²) in [4.78, 5) is 41.4. The van der Waals surface area contributed by atoms with Gasteiger partial charge in [-0.25, -0.2) is 4.98 Å². The molecule has 0 radical (unpaired) electrons. The second kappa shape index (κ2) is 7.16. The quantitative estimate of drug-likeness (QED) is 0.499. The lowest BCUT2D eigenvalue weighted by molar-refractivity contribution is -0.120. The first-order valence-electron chi connectivity index (χ1n) is 10.9. The van der Waals surface area contributed by atoms with Crippen molar-refractivity contribution in [2.75, 3.05) is 27.8 Å². The number of nitrogens with one attached hydrogen (secondary N) is 4. The Labute approximate surface area is 189 Å². The molecule has 3 aliphatic rings. The molecule has 164 valence electrons. The number of nitrogens with zero attached hydrogens (tertiary/aromatic N) is 1. The summed E-state index contributed by atoms with van der Waals surface area (Å²) in [6.07, 6.45) is 3.19. The Balaban J connectivity index is 1.15. The Morgan fingerprint density at radius 2 is 1.91 bits per heavy atom. The fourth-order valence-corrected chi connectivity index (χ4v) is 5.12. The van der Waals surface area contributed by atoms with Crippen molar-refractivity contribution in [3.05, 3.63) is 77.0 Å². The third kappa shape index (κ3) is 3.14. The molecule has 8 heteroatoms. The zero-order valence-corrected chi connectivity index (χ0v) is 17.7. The maximum Gasteiger partial charge on any atom is 0.243 e. The van der Waals surface area contributed by atoms with Crippen LogP contribution in [0.4, 0.5) is 22.9 Å². The maximum absolute atomic E-state index is 12.9. The van der Waals surface area contributed by atoms with Gasteiger partial charge < -0.3 is 21.3 Å². The van der Waals surface area contributed by atoms with E-state index >= 15 is 0 Å². The Kier molecular flexibility index (Phi) is 4.23. The molecule has 2 aliphatic heterocycles. The summed E-state index contributed by atoms with van der Waals surface area (Å²) in [5.41, 5.74) is 5.58. The third-order valence-corrected chi connectivity index (χ3v) is 6.70. The standard InChI is InChI=1S/C25H21N5O3/c31-21-10-17-19(28-21)4-1-5-20(17)29-22(32)13-27-16-7-6-14-11-25(12-15(14)9-16)18-3-2-8-26-23(18)30-24(25)33/h1-9,27H,10-13H2,(H,28,31)(H,29,32)(H,26,30,33). The highest BCUT2D eigenvalue weighted by molar-refractivity contribution is 6.06. The molecule has 2 aromatic carbocycles. The van der Waals surface area contributed by atoms with Gasteiger partial charge in [-0.05, 0) is 54.3 Å². The topological polar surface area (TPSA) is 112 Å². The molecule has 8 nitrogen and oxygen atoms in total. The van der Waals surface area contributed by atoms with Gasteiger partial charge in [-0.2, -0.15) is 0 Å². The molecule has 0 saturated heterocycles. The number of hydrogen-bond acceptors (Lipinski definition) is 5. The van der Waals surface area contributed by atoms with Crippen molar-refractivity contribution in [1.29, 1.82) is 0 Å². The number of carbonyl (C=O) groups is 3. The predicted molar refractivity (Wildman–Crippen MR) is 124 cm³/mol. The lowest BCUT2D eigenvalue weighted by Gasteiger charge is -2.20. The van der Waals surface area contributed by atoms with Gasteiger partial charge in [0.25, 0.3) is 0 Å². The van der Waals surface area contributed by atoms with Crippen LogP contribution in [0.5, 0.6) is 0 Å².